The Morgan fingerprint density at radius 1 is 1.25 bits per heavy atom. The first-order valence-electron chi connectivity index (χ1n) is 5.03. The molecular formula is C12H10Br2O2. The van der Waals surface area contributed by atoms with Gasteiger partial charge in [0.1, 0.15) is 9.15 Å². The molecule has 0 heterocycles. The number of alkyl halides is 2. The number of ketones is 2. The van der Waals surface area contributed by atoms with Gasteiger partial charge >= 0.3 is 0 Å². The first-order chi connectivity index (χ1) is 7.52. The van der Waals surface area contributed by atoms with Gasteiger partial charge < -0.3 is 0 Å². The smallest absolute Gasteiger partial charge is 0.181 e. The Balaban J connectivity index is 2.66. The first-order valence-corrected chi connectivity index (χ1v) is 6.74. The van der Waals surface area contributed by atoms with Gasteiger partial charge in [0.2, 0.25) is 0 Å². The van der Waals surface area contributed by atoms with E-state index in [9.17, 15) is 9.59 Å². The number of carbonyl (C=O) groups is 2. The Hall–Kier alpha value is -0.480. The topological polar surface area (TPSA) is 34.1 Å². The van der Waals surface area contributed by atoms with Crippen molar-refractivity contribution in [3.05, 3.63) is 35.4 Å². The van der Waals surface area contributed by atoms with Crippen molar-refractivity contribution in [1.29, 1.82) is 0 Å². The van der Waals surface area contributed by atoms with Crippen LogP contribution in [0.3, 0.4) is 0 Å². The summed E-state index contributed by atoms with van der Waals surface area (Å²) in [4.78, 5) is 23.9. The van der Waals surface area contributed by atoms with E-state index < -0.39 is 9.15 Å². The van der Waals surface area contributed by atoms with Gasteiger partial charge in [0, 0.05) is 11.1 Å². The van der Waals surface area contributed by atoms with E-state index in [0.717, 1.165) is 0 Å². The van der Waals surface area contributed by atoms with Crippen LogP contribution in [0.15, 0.2) is 24.3 Å². The predicted octanol–water partition coefficient (Wildman–Crippen LogP) is 3.37. The Morgan fingerprint density at radius 3 is 2.38 bits per heavy atom. The highest BCUT2D eigenvalue weighted by atomic mass is 79.9. The summed E-state index contributed by atoms with van der Waals surface area (Å²) in [6.07, 6.45) is 0.571. The van der Waals surface area contributed by atoms with Crippen molar-refractivity contribution < 1.29 is 9.59 Å². The largest absolute Gasteiger partial charge is 0.293 e. The summed E-state index contributed by atoms with van der Waals surface area (Å²) in [6, 6.07) is 6.96. The van der Waals surface area contributed by atoms with Gasteiger partial charge in [-0.15, -0.1) is 0 Å². The molecule has 84 valence electrons. The van der Waals surface area contributed by atoms with E-state index in [1.807, 2.05) is 6.92 Å². The molecule has 0 aliphatic heterocycles. The fraction of sp³-hybridized carbons (Fsp3) is 0.333. The van der Waals surface area contributed by atoms with E-state index in [1.54, 1.807) is 24.3 Å². The molecule has 1 aliphatic carbocycles. The van der Waals surface area contributed by atoms with Crippen LogP contribution in [-0.4, -0.2) is 20.7 Å². The number of benzene rings is 1. The molecule has 2 atom stereocenters. The van der Waals surface area contributed by atoms with Crippen LogP contribution in [0.2, 0.25) is 0 Å². The summed E-state index contributed by atoms with van der Waals surface area (Å²) in [7, 11) is 0. The van der Waals surface area contributed by atoms with Crippen LogP contribution in [0.1, 0.15) is 34.1 Å². The molecule has 2 nitrogen and oxygen atoms in total. The lowest BCUT2D eigenvalue weighted by atomic mass is 9.80. The molecule has 4 heteroatoms. The SMILES string of the molecule is CCC1(Br)C(=O)c2ccccc2C(=O)C1Br. The highest BCUT2D eigenvalue weighted by molar-refractivity contribution is 9.13. The number of fused-ring (bicyclic) bond motifs is 1. The zero-order chi connectivity index (χ0) is 11.9. The molecule has 2 rings (SSSR count). The molecule has 1 aromatic carbocycles. The molecule has 0 fully saturated rings. The van der Waals surface area contributed by atoms with Gasteiger partial charge in [-0.1, -0.05) is 63.0 Å². The van der Waals surface area contributed by atoms with Gasteiger partial charge in [-0.05, 0) is 6.42 Å². The lowest BCUT2D eigenvalue weighted by Gasteiger charge is -2.34. The van der Waals surface area contributed by atoms with Crippen molar-refractivity contribution in [2.75, 3.05) is 0 Å². The molecule has 0 saturated carbocycles. The molecule has 0 radical (unpaired) electrons. The zero-order valence-electron chi connectivity index (χ0n) is 8.67. The van der Waals surface area contributed by atoms with Crippen LogP contribution >= 0.6 is 31.9 Å². The number of carbonyl (C=O) groups excluding carboxylic acids is 2. The fourth-order valence-corrected chi connectivity index (χ4v) is 3.12. The van der Waals surface area contributed by atoms with Crippen LogP contribution in [0.5, 0.6) is 0 Å². The lowest BCUT2D eigenvalue weighted by Crippen LogP contribution is -2.49. The molecule has 0 spiro atoms. The Labute approximate surface area is 111 Å². The minimum Gasteiger partial charge on any atom is -0.293 e. The van der Waals surface area contributed by atoms with Gasteiger partial charge in [-0.25, -0.2) is 0 Å². The summed E-state index contributed by atoms with van der Waals surface area (Å²) in [5.41, 5.74) is 1.03. The highest BCUT2D eigenvalue weighted by Crippen LogP contribution is 2.41. The van der Waals surface area contributed by atoms with E-state index in [4.69, 9.17) is 0 Å². The number of hydrogen-bond acceptors (Lipinski definition) is 2. The van der Waals surface area contributed by atoms with Gasteiger partial charge in [-0.2, -0.15) is 0 Å². The van der Waals surface area contributed by atoms with Crippen molar-refractivity contribution in [2.45, 2.75) is 22.5 Å². The van der Waals surface area contributed by atoms with Crippen molar-refractivity contribution in [2.24, 2.45) is 0 Å². The van der Waals surface area contributed by atoms with E-state index in [1.165, 1.54) is 0 Å². The normalized spacial score (nSPS) is 29.1. The van der Waals surface area contributed by atoms with Gasteiger partial charge in [0.25, 0.3) is 0 Å². The molecule has 1 aliphatic rings. The number of halogens is 2. The van der Waals surface area contributed by atoms with Gasteiger partial charge in [0.05, 0.1) is 0 Å². The lowest BCUT2D eigenvalue weighted by molar-refractivity contribution is 0.0860. The summed E-state index contributed by atoms with van der Waals surface area (Å²) in [5.74, 6) is -0.0546. The third-order valence-electron chi connectivity index (χ3n) is 2.96. The predicted molar refractivity (Wildman–Crippen MR) is 69.8 cm³/mol. The Kier molecular flexibility index (Phi) is 3.05. The van der Waals surface area contributed by atoms with Crippen LogP contribution < -0.4 is 0 Å². The third-order valence-corrected chi connectivity index (χ3v) is 6.15. The summed E-state index contributed by atoms with van der Waals surface area (Å²) < 4.78 is -0.807. The average molecular weight is 346 g/mol. The standard InChI is InChI=1S/C12H10Br2O2/c1-2-12(14)10(13)9(15)7-5-3-4-6-8(7)11(12)16/h3-6,10H,2H2,1H3. The van der Waals surface area contributed by atoms with Crippen molar-refractivity contribution in [3.63, 3.8) is 0 Å². The summed E-state index contributed by atoms with van der Waals surface area (Å²) >= 11 is 6.75. The first kappa shape index (κ1) is 12.0. The third kappa shape index (κ3) is 1.51. The molecular weight excluding hydrogens is 336 g/mol. The van der Waals surface area contributed by atoms with Gasteiger partial charge in [-0.3, -0.25) is 9.59 Å². The minimum atomic E-state index is -0.807. The zero-order valence-corrected chi connectivity index (χ0v) is 11.8. The molecule has 0 N–H and O–H groups in total. The molecule has 2 unspecified atom stereocenters. The highest BCUT2D eigenvalue weighted by Gasteiger charge is 2.49. The van der Waals surface area contributed by atoms with Gasteiger partial charge in [0.15, 0.2) is 11.6 Å². The molecule has 0 saturated heterocycles. The Bertz CT molecular complexity index is 470. The molecule has 0 bridgehead atoms. The molecule has 0 amide bonds. The number of hydrogen-bond donors (Lipinski definition) is 0. The second-order valence-electron chi connectivity index (χ2n) is 3.82. The monoisotopic (exact) mass is 344 g/mol. The van der Waals surface area contributed by atoms with Crippen molar-refractivity contribution >= 4 is 43.4 Å². The summed E-state index contributed by atoms with van der Waals surface area (Å²) in [6.45, 7) is 1.89. The second-order valence-corrected chi connectivity index (χ2v) is 6.15. The second kappa shape index (κ2) is 4.08. The van der Waals surface area contributed by atoms with Crippen molar-refractivity contribution in [3.8, 4) is 0 Å². The minimum absolute atomic E-state index is 0.0212. The van der Waals surface area contributed by atoms with E-state index >= 15 is 0 Å². The molecule has 16 heavy (non-hydrogen) atoms. The number of rotatable bonds is 1. The molecule has 1 aromatic rings. The van der Waals surface area contributed by atoms with Crippen molar-refractivity contribution in [1.82, 2.24) is 0 Å². The number of Topliss-reactive ketones (excluding diaryl/α,β-unsaturated/α-hetero) is 2. The quantitative estimate of drug-likeness (QED) is 0.731. The van der Waals surface area contributed by atoms with E-state index in [0.29, 0.717) is 17.5 Å². The van der Waals surface area contributed by atoms with Crippen LogP contribution in [0.4, 0.5) is 0 Å². The van der Waals surface area contributed by atoms with E-state index in [2.05, 4.69) is 31.9 Å². The molecule has 0 aromatic heterocycles. The van der Waals surface area contributed by atoms with E-state index in [-0.39, 0.29) is 11.6 Å². The maximum atomic E-state index is 12.3. The fourth-order valence-electron chi connectivity index (χ4n) is 1.92. The average Bonchev–Trinajstić information content (AvgIpc) is 2.33. The van der Waals surface area contributed by atoms with Crippen LogP contribution in [0.25, 0.3) is 0 Å². The summed E-state index contributed by atoms with van der Waals surface area (Å²) in [5, 5.41) is 0. The maximum absolute atomic E-state index is 12.3. The van der Waals surface area contributed by atoms with Crippen LogP contribution in [-0.2, 0) is 0 Å². The Morgan fingerprint density at radius 2 is 1.81 bits per heavy atom. The van der Waals surface area contributed by atoms with Crippen LogP contribution in [0, 0.1) is 0 Å². The maximum Gasteiger partial charge on any atom is 0.181 e.